The van der Waals surface area contributed by atoms with Crippen LogP contribution in [-0.4, -0.2) is 25.0 Å². The number of thiophene rings is 1. The van der Waals surface area contributed by atoms with Gasteiger partial charge in [-0.3, -0.25) is 0 Å². The smallest absolute Gasteiger partial charge is 0.0345 e. The van der Waals surface area contributed by atoms with Crippen LogP contribution in [0.4, 0.5) is 0 Å². The van der Waals surface area contributed by atoms with Gasteiger partial charge in [-0.05, 0) is 36.9 Å². The molecule has 0 bridgehead atoms. The summed E-state index contributed by atoms with van der Waals surface area (Å²) in [5.74, 6) is 0.936. The molecule has 2 aliphatic rings. The lowest BCUT2D eigenvalue weighted by Gasteiger charge is -2.14. The molecule has 2 aromatic rings. The van der Waals surface area contributed by atoms with Gasteiger partial charge in [-0.15, -0.1) is 11.3 Å². The first-order valence-electron chi connectivity index (χ1n) is 5.95. The molecule has 82 valence electrons. The summed E-state index contributed by atoms with van der Waals surface area (Å²) in [5.41, 5.74) is 0.540. The van der Waals surface area contributed by atoms with Gasteiger partial charge in [0.05, 0.1) is 0 Å². The lowest BCUT2D eigenvalue weighted by molar-refractivity contribution is 0.364. The fourth-order valence-electron chi connectivity index (χ4n) is 3.34. The molecule has 2 unspecified atom stereocenters. The van der Waals surface area contributed by atoms with E-state index in [9.17, 15) is 0 Å². The molecule has 1 nitrogen and oxygen atoms in total. The number of fused-ring (bicyclic) bond motifs is 2. The fraction of sp³-hybridized carbons (Fsp3) is 0.429. The number of hydrogen-bond donors (Lipinski definition) is 0. The van der Waals surface area contributed by atoms with E-state index in [4.69, 9.17) is 0 Å². The van der Waals surface area contributed by atoms with Crippen LogP contribution in [-0.2, 0) is 5.41 Å². The molecule has 2 heteroatoms. The van der Waals surface area contributed by atoms with Gasteiger partial charge in [0.2, 0.25) is 0 Å². The molecule has 16 heavy (non-hydrogen) atoms. The second kappa shape index (κ2) is 2.88. The molecule has 4 rings (SSSR count). The summed E-state index contributed by atoms with van der Waals surface area (Å²) in [6.45, 7) is 2.57. The van der Waals surface area contributed by atoms with E-state index in [1.807, 2.05) is 11.3 Å². The van der Waals surface area contributed by atoms with E-state index < -0.39 is 0 Å². The summed E-state index contributed by atoms with van der Waals surface area (Å²) in [5, 5.41) is 1.43. The van der Waals surface area contributed by atoms with E-state index in [2.05, 4.69) is 42.3 Å². The van der Waals surface area contributed by atoms with Gasteiger partial charge in [-0.1, -0.05) is 18.2 Å². The first kappa shape index (κ1) is 9.20. The summed E-state index contributed by atoms with van der Waals surface area (Å²) in [6, 6.07) is 11.2. The molecular weight excluding hydrogens is 214 g/mol. The number of likely N-dealkylation sites (tertiary alicyclic amines) is 1. The Kier molecular flexibility index (Phi) is 1.65. The Morgan fingerprint density at radius 1 is 1.38 bits per heavy atom. The van der Waals surface area contributed by atoms with Crippen LogP contribution in [0.15, 0.2) is 30.3 Å². The molecule has 1 aliphatic carbocycles. The highest BCUT2D eigenvalue weighted by molar-refractivity contribution is 7.19. The third-order valence-corrected chi connectivity index (χ3v) is 5.57. The Bertz CT molecular complexity index is 526. The highest BCUT2D eigenvalue weighted by Gasteiger charge is 2.60. The SMILES string of the molecule is CN1CC2CC2(c2cc3ccccc3s2)C1. The second-order valence-electron chi connectivity index (χ2n) is 5.40. The molecule has 2 atom stereocenters. The predicted octanol–water partition coefficient (Wildman–Crippen LogP) is 3.10. The van der Waals surface area contributed by atoms with Crippen LogP contribution in [0.1, 0.15) is 11.3 Å². The fourth-order valence-corrected chi connectivity index (χ4v) is 4.68. The highest BCUT2D eigenvalue weighted by atomic mass is 32.1. The Hall–Kier alpha value is -0.860. The summed E-state index contributed by atoms with van der Waals surface area (Å²) < 4.78 is 1.45. The summed E-state index contributed by atoms with van der Waals surface area (Å²) in [6.07, 6.45) is 1.42. The van der Waals surface area contributed by atoms with Crippen LogP contribution in [0.5, 0.6) is 0 Å². The first-order valence-corrected chi connectivity index (χ1v) is 6.77. The molecule has 1 aromatic carbocycles. The van der Waals surface area contributed by atoms with Gasteiger partial charge in [-0.25, -0.2) is 0 Å². The van der Waals surface area contributed by atoms with E-state index >= 15 is 0 Å². The zero-order valence-corrected chi connectivity index (χ0v) is 10.3. The van der Waals surface area contributed by atoms with E-state index in [1.165, 1.54) is 29.6 Å². The minimum Gasteiger partial charge on any atom is -0.305 e. The molecular formula is C14H15NS. The molecule has 0 N–H and O–H groups in total. The lowest BCUT2D eigenvalue weighted by Crippen LogP contribution is -2.21. The van der Waals surface area contributed by atoms with E-state index in [0.29, 0.717) is 5.41 Å². The van der Waals surface area contributed by atoms with Crippen molar-refractivity contribution in [3.05, 3.63) is 35.2 Å². The number of nitrogens with zero attached hydrogens (tertiary/aromatic N) is 1. The highest BCUT2D eigenvalue weighted by Crippen LogP contribution is 2.60. The summed E-state index contributed by atoms with van der Waals surface area (Å²) in [7, 11) is 2.25. The monoisotopic (exact) mass is 229 g/mol. The topological polar surface area (TPSA) is 3.24 Å². The first-order chi connectivity index (χ1) is 7.78. The minimum absolute atomic E-state index is 0.540. The third kappa shape index (κ3) is 1.09. The van der Waals surface area contributed by atoms with Crippen LogP contribution in [0, 0.1) is 5.92 Å². The zero-order chi connectivity index (χ0) is 10.8. The van der Waals surface area contributed by atoms with E-state index in [-0.39, 0.29) is 0 Å². The van der Waals surface area contributed by atoms with Crippen molar-refractivity contribution in [3.63, 3.8) is 0 Å². The van der Waals surface area contributed by atoms with Crippen molar-refractivity contribution in [1.29, 1.82) is 0 Å². The summed E-state index contributed by atoms with van der Waals surface area (Å²) in [4.78, 5) is 4.11. The number of benzene rings is 1. The molecule has 1 saturated heterocycles. The summed E-state index contributed by atoms with van der Waals surface area (Å²) >= 11 is 2.01. The van der Waals surface area contributed by atoms with Gasteiger partial charge in [0, 0.05) is 28.1 Å². The maximum Gasteiger partial charge on any atom is 0.0345 e. The standard InChI is InChI=1S/C14H15NS/c1-15-8-11-7-14(11,9-15)13-6-10-4-2-3-5-12(10)16-13/h2-6,11H,7-9H2,1H3. The average Bonchev–Trinajstić information content (AvgIpc) is 2.71. The Morgan fingerprint density at radius 2 is 2.25 bits per heavy atom. The number of hydrogen-bond acceptors (Lipinski definition) is 2. The predicted molar refractivity (Wildman–Crippen MR) is 69.1 cm³/mol. The molecule has 2 fully saturated rings. The molecule has 1 aromatic heterocycles. The van der Waals surface area contributed by atoms with Crippen molar-refractivity contribution in [1.82, 2.24) is 4.90 Å². The van der Waals surface area contributed by atoms with Crippen molar-refractivity contribution >= 4 is 21.4 Å². The molecule has 0 amide bonds. The molecule has 1 saturated carbocycles. The van der Waals surface area contributed by atoms with Crippen LogP contribution in [0.25, 0.3) is 10.1 Å². The van der Waals surface area contributed by atoms with Crippen LogP contribution in [0.3, 0.4) is 0 Å². The van der Waals surface area contributed by atoms with Gasteiger partial charge in [0.25, 0.3) is 0 Å². The Balaban J connectivity index is 1.83. The van der Waals surface area contributed by atoms with Crippen molar-refractivity contribution in [2.75, 3.05) is 20.1 Å². The van der Waals surface area contributed by atoms with Crippen LogP contribution < -0.4 is 0 Å². The van der Waals surface area contributed by atoms with Crippen molar-refractivity contribution in [3.8, 4) is 0 Å². The maximum absolute atomic E-state index is 2.48. The lowest BCUT2D eigenvalue weighted by atomic mass is 10.0. The van der Waals surface area contributed by atoms with Crippen molar-refractivity contribution < 1.29 is 0 Å². The molecule has 0 spiro atoms. The minimum atomic E-state index is 0.540. The maximum atomic E-state index is 2.48. The quantitative estimate of drug-likeness (QED) is 0.726. The van der Waals surface area contributed by atoms with Crippen molar-refractivity contribution in [2.45, 2.75) is 11.8 Å². The Labute approximate surface area is 99.7 Å². The molecule has 2 heterocycles. The van der Waals surface area contributed by atoms with Crippen LogP contribution in [0.2, 0.25) is 0 Å². The van der Waals surface area contributed by atoms with Gasteiger partial charge in [0.15, 0.2) is 0 Å². The largest absolute Gasteiger partial charge is 0.305 e. The zero-order valence-electron chi connectivity index (χ0n) is 9.44. The normalized spacial score (nSPS) is 33.2. The number of rotatable bonds is 1. The molecule has 0 radical (unpaired) electrons. The van der Waals surface area contributed by atoms with Gasteiger partial charge in [-0.2, -0.15) is 0 Å². The molecule has 1 aliphatic heterocycles. The third-order valence-electron chi connectivity index (χ3n) is 4.23. The van der Waals surface area contributed by atoms with E-state index in [1.54, 1.807) is 4.88 Å². The van der Waals surface area contributed by atoms with Crippen molar-refractivity contribution in [2.24, 2.45) is 5.92 Å². The second-order valence-corrected chi connectivity index (χ2v) is 6.49. The van der Waals surface area contributed by atoms with E-state index in [0.717, 1.165) is 5.92 Å². The number of likely N-dealkylation sites (N-methyl/N-ethyl adjacent to an activating group) is 1. The van der Waals surface area contributed by atoms with Gasteiger partial charge < -0.3 is 4.90 Å². The number of piperidine rings is 1. The average molecular weight is 229 g/mol. The Morgan fingerprint density at radius 3 is 3.00 bits per heavy atom. The van der Waals surface area contributed by atoms with Gasteiger partial charge >= 0.3 is 0 Å². The van der Waals surface area contributed by atoms with Crippen LogP contribution >= 0.6 is 11.3 Å². The van der Waals surface area contributed by atoms with Gasteiger partial charge in [0.1, 0.15) is 0 Å².